The second kappa shape index (κ2) is 15.1. The molecule has 4 aliphatic rings. The number of rotatable bonds is 16. The first-order chi connectivity index (χ1) is 20.6. The average molecular weight is 629 g/mol. The van der Waals surface area contributed by atoms with Crippen molar-refractivity contribution < 1.29 is 23.6 Å². The summed E-state index contributed by atoms with van der Waals surface area (Å²) >= 11 is 0. The molecule has 0 spiro atoms. The first-order valence-electron chi connectivity index (χ1n) is 18.1. The van der Waals surface area contributed by atoms with E-state index in [1.54, 1.807) is 0 Å². The lowest BCUT2D eigenvalue weighted by molar-refractivity contribution is -0.167. The Kier molecular flexibility index (Phi) is 11.9. The van der Waals surface area contributed by atoms with Crippen LogP contribution in [0.25, 0.3) is 0 Å². The minimum Gasteiger partial charge on any atom is -0.393 e. The largest absolute Gasteiger partial charge is 0.397 e. The van der Waals surface area contributed by atoms with Gasteiger partial charge in [0.1, 0.15) is 0 Å². The zero-order valence-electron chi connectivity index (χ0n) is 28.8. The van der Waals surface area contributed by atoms with Crippen LogP contribution in [0, 0.1) is 52.3 Å². The lowest BCUT2D eigenvalue weighted by Gasteiger charge is -2.62. The van der Waals surface area contributed by atoms with Crippen molar-refractivity contribution in [2.24, 2.45) is 58.0 Å². The van der Waals surface area contributed by atoms with Crippen molar-refractivity contribution in [1.82, 2.24) is 10.6 Å². The molecule has 4 fully saturated rings. The normalized spacial score (nSPS) is 41.3. The van der Waals surface area contributed by atoms with Gasteiger partial charge in [-0.1, -0.05) is 34.6 Å². The third-order valence-electron chi connectivity index (χ3n) is 12.9. The van der Waals surface area contributed by atoms with Gasteiger partial charge in [0.2, 0.25) is 0 Å². The molecule has 4 unspecified atom stereocenters. The van der Waals surface area contributed by atoms with Gasteiger partial charge in [-0.15, -0.1) is 0 Å². The molecule has 4 rings (SSSR count). The van der Waals surface area contributed by atoms with Crippen molar-refractivity contribution in [2.45, 2.75) is 136 Å². The summed E-state index contributed by atoms with van der Waals surface area (Å²) in [5, 5.41) is 19.2. The smallest absolute Gasteiger partial charge is 0.393 e. The molecule has 0 aromatic rings. The minimum absolute atomic E-state index is 0.0143. The standard InChI is InChI=1S/C34H65N3O5S/c1-23(2)31(42-43(39,40)41)12-9-24(3)27-10-11-28-32-29(14-16-34(27,28)5)33(4)15-13-26(21-25(33)22-30(32)38)37-20-8-19-36-18-7-6-17-35/h23-32,36-38H,6-22,35H2,1-5H3,(H,39,40,41)/t24-,25-,26+,27-,28?,29?,30?,31-,32?,33+,34-/m1/s1/i30D. The van der Waals surface area contributed by atoms with E-state index in [2.05, 4.69) is 31.4 Å². The van der Waals surface area contributed by atoms with Gasteiger partial charge in [0, 0.05) is 6.04 Å². The van der Waals surface area contributed by atoms with E-state index >= 15 is 0 Å². The van der Waals surface area contributed by atoms with Crippen molar-refractivity contribution >= 4 is 10.4 Å². The molecule has 43 heavy (non-hydrogen) atoms. The Bertz CT molecular complexity index is 1030. The summed E-state index contributed by atoms with van der Waals surface area (Å²) < 4.78 is 46.5. The Labute approximate surface area is 264 Å². The van der Waals surface area contributed by atoms with Gasteiger partial charge in [0.25, 0.3) is 0 Å². The maximum atomic E-state index is 11.9. The minimum atomic E-state index is -4.48. The van der Waals surface area contributed by atoms with E-state index in [0.29, 0.717) is 48.5 Å². The molecule has 0 amide bonds. The maximum Gasteiger partial charge on any atom is 0.397 e. The van der Waals surface area contributed by atoms with E-state index in [9.17, 15) is 19.4 Å². The quantitative estimate of drug-likeness (QED) is 0.111. The van der Waals surface area contributed by atoms with Gasteiger partial charge in [-0.25, -0.2) is 4.18 Å². The van der Waals surface area contributed by atoms with Gasteiger partial charge in [-0.3, -0.25) is 4.55 Å². The van der Waals surface area contributed by atoms with Crippen molar-refractivity contribution in [2.75, 3.05) is 26.2 Å². The van der Waals surface area contributed by atoms with Crippen LogP contribution in [0.3, 0.4) is 0 Å². The van der Waals surface area contributed by atoms with Crippen LogP contribution in [-0.4, -0.2) is 62.5 Å². The summed E-state index contributed by atoms with van der Waals surface area (Å²) in [6, 6.07) is 0.475. The molecule has 0 bridgehead atoms. The highest BCUT2D eigenvalue weighted by molar-refractivity contribution is 7.80. The van der Waals surface area contributed by atoms with Crippen molar-refractivity contribution in [3.05, 3.63) is 0 Å². The van der Waals surface area contributed by atoms with Crippen molar-refractivity contribution in [3.63, 3.8) is 0 Å². The molecule has 0 aromatic heterocycles. The maximum absolute atomic E-state index is 11.9. The predicted molar refractivity (Wildman–Crippen MR) is 174 cm³/mol. The van der Waals surface area contributed by atoms with Crippen LogP contribution >= 0.6 is 0 Å². The average Bonchev–Trinajstić information content (AvgIpc) is 3.29. The molecule has 9 heteroatoms. The number of hydrogen-bond acceptors (Lipinski definition) is 7. The van der Waals surface area contributed by atoms with E-state index in [4.69, 9.17) is 9.92 Å². The second-order valence-corrected chi connectivity index (χ2v) is 16.8. The van der Waals surface area contributed by atoms with E-state index in [-0.39, 0.29) is 22.7 Å². The number of aliphatic hydroxyl groups is 1. The van der Waals surface area contributed by atoms with E-state index in [1.807, 2.05) is 13.8 Å². The molecule has 4 aliphatic carbocycles. The Morgan fingerprint density at radius 3 is 2.35 bits per heavy atom. The molecule has 0 heterocycles. The highest BCUT2D eigenvalue weighted by Gasteiger charge is 2.62. The third kappa shape index (κ3) is 8.36. The zero-order chi connectivity index (χ0) is 32.3. The fraction of sp³-hybridized carbons (Fsp3) is 1.00. The van der Waals surface area contributed by atoms with Crippen LogP contribution in [0.5, 0.6) is 0 Å². The first-order valence-corrected chi connectivity index (χ1v) is 19.0. The monoisotopic (exact) mass is 628 g/mol. The molecular weight excluding hydrogens is 562 g/mol. The summed E-state index contributed by atoms with van der Waals surface area (Å²) in [5.74, 6) is 1.97. The first kappa shape index (κ1) is 34.1. The lowest BCUT2D eigenvalue weighted by atomic mass is 9.43. The molecular formula is C34H65N3O5S. The molecule has 0 aromatic carbocycles. The summed E-state index contributed by atoms with van der Waals surface area (Å²) in [7, 11) is -4.48. The Balaban J connectivity index is 1.35. The van der Waals surface area contributed by atoms with E-state index in [1.165, 1.54) is 12.8 Å². The van der Waals surface area contributed by atoms with Crippen LogP contribution in [0.4, 0.5) is 0 Å². The second-order valence-electron chi connectivity index (χ2n) is 15.8. The van der Waals surface area contributed by atoms with Crippen LogP contribution in [0.15, 0.2) is 0 Å². The Hall–Kier alpha value is -0.290. The van der Waals surface area contributed by atoms with Gasteiger partial charge >= 0.3 is 10.4 Å². The molecule has 0 aliphatic heterocycles. The van der Waals surface area contributed by atoms with Crippen molar-refractivity contribution in [1.29, 1.82) is 0 Å². The van der Waals surface area contributed by atoms with Crippen LogP contribution in [-0.2, 0) is 14.6 Å². The van der Waals surface area contributed by atoms with Crippen LogP contribution in [0.2, 0.25) is 0 Å². The van der Waals surface area contributed by atoms with Gasteiger partial charge in [-0.2, -0.15) is 8.42 Å². The SMILES string of the molecule is [2H]C1(O)C[C@H]2C[C@@H](NCCCNCCCCN)CC[C@]2(C)C2CC[C@@]3(C)C(CC[C@@H]3[C@H](C)CC[C@@H](OS(=O)(=O)O)C(C)C)C21. The van der Waals surface area contributed by atoms with Gasteiger partial charge in [0.05, 0.1) is 13.6 Å². The van der Waals surface area contributed by atoms with Gasteiger partial charge in [-0.05, 0) is 162 Å². The number of hydrogen-bond donors (Lipinski definition) is 5. The number of nitrogens with two attached hydrogens (primary N) is 1. The summed E-state index contributed by atoms with van der Waals surface area (Å²) in [6.45, 7) is 14.9. The predicted octanol–water partition coefficient (Wildman–Crippen LogP) is 5.55. The molecule has 0 radical (unpaired) electrons. The molecule has 8 nitrogen and oxygen atoms in total. The van der Waals surface area contributed by atoms with Crippen LogP contribution < -0.4 is 16.4 Å². The summed E-state index contributed by atoms with van der Waals surface area (Å²) in [5.41, 5.74) is 5.84. The lowest BCUT2D eigenvalue weighted by Crippen LogP contribution is -2.59. The topological polar surface area (TPSA) is 134 Å². The zero-order valence-corrected chi connectivity index (χ0v) is 28.6. The Morgan fingerprint density at radius 2 is 1.65 bits per heavy atom. The Morgan fingerprint density at radius 1 is 0.953 bits per heavy atom. The highest BCUT2D eigenvalue weighted by atomic mass is 32.3. The summed E-state index contributed by atoms with van der Waals surface area (Å²) in [6.07, 6.45) is 11.2. The fourth-order valence-corrected chi connectivity index (χ4v) is 11.1. The van der Waals surface area contributed by atoms with Gasteiger partial charge in [0.15, 0.2) is 0 Å². The van der Waals surface area contributed by atoms with E-state index < -0.39 is 22.6 Å². The fourth-order valence-electron chi connectivity index (χ4n) is 10.4. The number of fused-ring (bicyclic) bond motifs is 5. The van der Waals surface area contributed by atoms with Crippen LogP contribution in [0.1, 0.15) is 119 Å². The number of nitrogens with one attached hydrogen (secondary N) is 2. The molecule has 11 atom stereocenters. The van der Waals surface area contributed by atoms with Gasteiger partial charge < -0.3 is 21.5 Å². The van der Waals surface area contributed by atoms with Crippen molar-refractivity contribution in [3.8, 4) is 0 Å². The molecule has 6 N–H and O–H groups in total. The molecule has 4 saturated carbocycles. The highest BCUT2D eigenvalue weighted by Crippen LogP contribution is 2.68. The van der Waals surface area contributed by atoms with E-state index in [0.717, 1.165) is 84.0 Å². The molecule has 252 valence electrons. The summed E-state index contributed by atoms with van der Waals surface area (Å²) in [4.78, 5) is 0. The molecule has 0 saturated heterocycles. The third-order valence-corrected chi connectivity index (χ3v) is 13.4. The number of unbranched alkanes of at least 4 members (excludes halogenated alkanes) is 1.